The Balaban J connectivity index is 3.18. The van der Waals surface area contributed by atoms with E-state index >= 15 is 0 Å². The topological polar surface area (TPSA) is 43.4 Å². The summed E-state index contributed by atoms with van der Waals surface area (Å²) in [7, 11) is 0. The van der Waals surface area contributed by atoms with E-state index in [-0.39, 0.29) is 11.1 Å². The Morgan fingerprint density at radius 1 is 1.24 bits per heavy atom. The van der Waals surface area contributed by atoms with Gasteiger partial charge in [-0.25, -0.2) is 4.79 Å². The van der Waals surface area contributed by atoms with Crippen LogP contribution in [0.1, 0.15) is 31.9 Å². The molecule has 0 aliphatic rings. The van der Waals surface area contributed by atoms with Gasteiger partial charge in [0.05, 0.1) is 11.7 Å². The summed E-state index contributed by atoms with van der Waals surface area (Å²) < 4.78 is 42.7. The molecule has 1 aromatic rings. The maximum atomic E-state index is 12.6. The highest BCUT2D eigenvalue weighted by atomic mass is 19.4. The number of alkyl halides is 3. The third-order valence-electron chi connectivity index (χ3n) is 2.47. The van der Waals surface area contributed by atoms with Gasteiger partial charge in [0.25, 0.3) is 0 Å². The number of Topliss-reactive ketones (excluding diaryl/α,β-unsaturated/α-hetero) is 1. The molecule has 114 valence electrons. The van der Waals surface area contributed by atoms with Crippen LogP contribution >= 0.6 is 0 Å². The van der Waals surface area contributed by atoms with Crippen LogP contribution in [0, 0.1) is 0 Å². The predicted molar refractivity (Wildman–Crippen MR) is 71.3 cm³/mol. The van der Waals surface area contributed by atoms with Crippen molar-refractivity contribution in [1.29, 1.82) is 0 Å². The van der Waals surface area contributed by atoms with E-state index in [1.165, 1.54) is 12.1 Å². The Kier molecular flexibility index (Phi) is 5.29. The van der Waals surface area contributed by atoms with Gasteiger partial charge in [0, 0.05) is 0 Å². The van der Waals surface area contributed by atoms with Crippen LogP contribution in [0.2, 0.25) is 0 Å². The van der Waals surface area contributed by atoms with Crippen LogP contribution in [0.3, 0.4) is 0 Å². The molecule has 1 rings (SSSR count). The fourth-order valence-electron chi connectivity index (χ4n) is 1.55. The highest BCUT2D eigenvalue weighted by Gasteiger charge is 2.30. The van der Waals surface area contributed by atoms with E-state index in [1.54, 1.807) is 13.8 Å². The van der Waals surface area contributed by atoms with Gasteiger partial charge in [0.15, 0.2) is 5.78 Å². The second-order valence-electron chi connectivity index (χ2n) is 4.69. The molecule has 0 aliphatic heterocycles. The van der Waals surface area contributed by atoms with Crippen molar-refractivity contribution in [3.8, 4) is 0 Å². The zero-order valence-electron chi connectivity index (χ0n) is 11.8. The van der Waals surface area contributed by atoms with Gasteiger partial charge in [-0.1, -0.05) is 12.1 Å². The Morgan fingerprint density at radius 2 is 1.86 bits per heavy atom. The van der Waals surface area contributed by atoms with Crippen LogP contribution < -0.4 is 0 Å². The van der Waals surface area contributed by atoms with Gasteiger partial charge in [-0.05, 0) is 44.5 Å². The van der Waals surface area contributed by atoms with Crippen LogP contribution in [0.4, 0.5) is 13.2 Å². The molecule has 0 bridgehead atoms. The SMILES string of the molecule is CC(=O)/C(=C\c1cccc(C(F)(F)F)c1)C(=O)OC(C)C. The number of hydrogen-bond acceptors (Lipinski definition) is 3. The van der Waals surface area contributed by atoms with Gasteiger partial charge < -0.3 is 4.74 Å². The number of esters is 1. The smallest absolute Gasteiger partial charge is 0.416 e. The number of hydrogen-bond donors (Lipinski definition) is 0. The highest BCUT2D eigenvalue weighted by Crippen LogP contribution is 2.30. The van der Waals surface area contributed by atoms with E-state index in [1.807, 2.05) is 0 Å². The molecule has 0 N–H and O–H groups in total. The van der Waals surface area contributed by atoms with Crippen molar-refractivity contribution < 1.29 is 27.5 Å². The van der Waals surface area contributed by atoms with Crippen molar-refractivity contribution in [2.24, 2.45) is 0 Å². The summed E-state index contributed by atoms with van der Waals surface area (Å²) in [6.07, 6.45) is -3.82. The molecule has 0 saturated heterocycles. The van der Waals surface area contributed by atoms with Crippen molar-refractivity contribution in [3.63, 3.8) is 0 Å². The normalized spacial score (nSPS) is 12.4. The van der Waals surface area contributed by atoms with Gasteiger partial charge >= 0.3 is 12.1 Å². The summed E-state index contributed by atoms with van der Waals surface area (Å²) in [4.78, 5) is 23.2. The Bertz CT molecular complexity index is 572. The minimum Gasteiger partial charge on any atom is -0.459 e. The van der Waals surface area contributed by atoms with E-state index in [0.29, 0.717) is 0 Å². The third kappa shape index (κ3) is 5.06. The summed E-state index contributed by atoms with van der Waals surface area (Å²) in [5, 5.41) is 0. The summed E-state index contributed by atoms with van der Waals surface area (Å²) in [6, 6.07) is 4.36. The number of benzene rings is 1. The van der Waals surface area contributed by atoms with Gasteiger partial charge in [0.1, 0.15) is 5.57 Å². The van der Waals surface area contributed by atoms with Gasteiger partial charge in [-0.3, -0.25) is 4.79 Å². The van der Waals surface area contributed by atoms with Crippen LogP contribution in [0.25, 0.3) is 6.08 Å². The van der Waals surface area contributed by atoms with E-state index in [9.17, 15) is 22.8 Å². The number of carbonyl (C=O) groups is 2. The van der Waals surface area contributed by atoms with Crippen LogP contribution in [0.15, 0.2) is 29.8 Å². The fraction of sp³-hybridized carbons (Fsp3) is 0.333. The number of carbonyl (C=O) groups excluding carboxylic acids is 2. The highest BCUT2D eigenvalue weighted by molar-refractivity contribution is 6.19. The molecular formula is C15H15F3O3. The van der Waals surface area contributed by atoms with Crippen LogP contribution in [-0.4, -0.2) is 17.9 Å². The van der Waals surface area contributed by atoms with E-state index in [4.69, 9.17) is 4.74 Å². The first-order valence-corrected chi connectivity index (χ1v) is 6.22. The Morgan fingerprint density at radius 3 is 2.33 bits per heavy atom. The second-order valence-corrected chi connectivity index (χ2v) is 4.69. The maximum absolute atomic E-state index is 12.6. The molecule has 0 heterocycles. The zero-order chi connectivity index (χ0) is 16.2. The lowest BCUT2D eigenvalue weighted by Gasteiger charge is -2.10. The molecule has 0 spiro atoms. The first kappa shape index (κ1) is 16.9. The zero-order valence-corrected chi connectivity index (χ0v) is 11.8. The average Bonchev–Trinajstić information content (AvgIpc) is 2.34. The van der Waals surface area contributed by atoms with E-state index in [2.05, 4.69) is 0 Å². The average molecular weight is 300 g/mol. The lowest BCUT2D eigenvalue weighted by atomic mass is 10.1. The lowest BCUT2D eigenvalue weighted by Crippen LogP contribution is -2.17. The molecule has 6 heteroatoms. The Hall–Kier alpha value is -2.11. The van der Waals surface area contributed by atoms with E-state index < -0.39 is 29.6 Å². The minimum absolute atomic E-state index is 0.107. The molecule has 1 aromatic carbocycles. The molecule has 0 amide bonds. The lowest BCUT2D eigenvalue weighted by molar-refractivity contribution is -0.143. The molecule has 0 atom stereocenters. The minimum atomic E-state index is -4.49. The standard InChI is InChI=1S/C15H15F3O3/c1-9(2)21-14(20)13(10(3)19)8-11-5-4-6-12(7-11)15(16,17)18/h4-9H,1-3H3/b13-8+. The van der Waals surface area contributed by atoms with Gasteiger partial charge in [-0.15, -0.1) is 0 Å². The number of halogens is 3. The molecule has 21 heavy (non-hydrogen) atoms. The second kappa shape index (κ2) is 6.56. The van der Waals surface area contributed by atoms with Crippen LogP contribution in [0.5, 0.6) is 0 Å². The molecular weight excluding hydrogens is 285 g/mol. The van der Waals surface area contributed by atoms with Crippen molar-refractivity contribution in [2.45, 2.75) is 33.1 Å². The maximum Gasteiger partial charge on any atom is 0.416 e. The number of ketones is 1. The number of ether oxygens (including phenoxy) is 1. The molecule has 0 aliphatic carbocycles. The van der Waals surface area contributed by atoms with Gasteiger partial charge in [-0.2, -0.15) is 13.2 Å². The predicted octanol–water partition coefficient (Wildman–Crippen LogP) is 3.63. The van der Waals surface area contributed by atoms with Crippen LogP contribution in [-0.2, 0) is 20.5 Å². The third-order valence-corrected chi connectivity index (χ3v) is 2.47. The summed E-state index contributed by atoms with van der Waals surface area (Å²) in [5.41, 5.74) is -1.03. The fourth-order valence-corrected chi connectivity index (χ4v) is 1.55. The van der Waals surface area contributed by atoms with Crippen molar-refractivity contribution >= 4 is 17.8 Å². The summed E-state index contributed by atoms with van der Waals surface area (Å²) >= 11 is 0. The summed E-state index contributed by atoms with van der Waals surface area (Å²) in [6.45, 7) is 4.38. The molecule has 0 fully saturated rings. The first-order chi connectivity index (χ1) is 9.61. The first-order valence-electron chi connectivity index (χ1n) is 6.22. The largest absolute Gasteiger partial charge is 0.459 e. The van der Waals surface area contributed by atoms with Crippen molar-refractivity contribution in [2.75, 3.05) is 0 Å². The molecule has 3 nitrogen and oxygen atoms in total. The monoisotopic (exact) mass is 300 g/mol. The molecule has 0 radical (unpaired) electrons. The van der Waals surface area contributed by atoms with Crippen molar-refractivity contribution in [1.82, 2.24) is 0 Å². The van der Waals surface area contributed by atoms with Crippen molar-refractivity contribution in [3.05, 3.63) is 41.0 Å². The quantitative estimate of drug-likeness (QED) is 0.369. The van der Waals surface area contributed by atoms with E-state index in [0.717, 1.165) is 25.1 Å². The molecule has 0 unspecified atom stereocenters. The summed E-state index contributed by atoms with van der Waals surface area (Å²) in [5.74, 6) is -1.42. The molecule has 0 aromatic heterocycles. The molecule has 0 saturated carbocycles. The van der Waals surface area contributed by atoms with Gasteiger partial charge in [0.2, 0.25) is 0 Å². The Labute approximate surface area is 120 Å². The number of rotatable bonds is 4.